The van der Waals surface area contributed by atoms with Gasteiger partial charge in [0.1, 0.15) is 0 Å². The summed E-state index contributed by atoms with van der Waals surface area (Å²) >= 11 is 1.92. The minimum absolute atomic E-state index is 0.498. The van der Waals surface area contributed by atoms with Gasteiger partial charge in [0.05, 0.1) is 10.7 Å². The molecule has 0 radical (unpaired) electrons. The normalized spacial score (nSPS) is 22.4. The lowest BCUT2D eigenvalue weighted by atomic mass is 10.1. The molecule has 1 aromatic rings. The SMILES string of the molecule is CCCc1nc(C2CC2(C)C)sc1CNC. The predicted molar refractivity (Wildman–Crippen MR) is 70.0 cm³/mol. The second kappa shape index (κ2) is 4.46. The van der Waals surface area contributed by atoms with E-state index in [1.54, 1.807) is 0 Å². The molecular weight excluding hydrogens is 216 g/mol. The van der Waals surface area contributed by atoms with E-state index >= 15 is 0 Å². The summed E-state index contributed by atoms with van der Waals surface area (Å²) in [6.45, 7) is 7.88. The first-order valence-electron chi connectivity index (χ1n) is 6.21. The topological polar surface area (TPSA) is 24.9 Å². The van der Waals surface area contributed by atoms with Gasteiger partial charge in [-0.3, -0.25) is 0 Å². The van der Waals surface area contributed by atoms with Gasteiger partial charge >= 0.3 is 0 Å². The summed E-state index contributed by atoms with van der Waals surface area (Å²) in [5, 5.41) is 4.62. The van der Waals surface area contributed by atoms with Crippen LogP contribution < -0.4 is 5.32 Å². The van der Waals surface area contributed by atoms with Gasteiger partial charge in [-0.2, -0.15) is 0 Å². The van der Waals surface area contributed by atoms with Crippen molar-refractivity contribution in [2.24, 2.45) is 5.41 Å². The summed E-state index contributed by atoms with van der Waals surface area (Å²) in [5.74, 6) is 0.721. The molecule has 3 heteroatoms. The maximum absolute atomic E-state index is 4.85. The molecule has 0 aromatic carbocycles. The highest BCUT2D eigenvalue weighted by atomic mass is 32.1. The average Bonchev–Trinajstić information content (AvgIpc) is 2.68. The lowest BCUT2D eigenvalue weighted by molar-refractivity contribution is 0.619. The van der Waals surface area contributed by atoms with Crippen molar-refractivity contribution in [1.29, 1.82) is 0 Å². The van der Waals surface area contributed by atoms with Gasteiger partial charge in [-0.05, 0) is 25.3 Å². The zero-order valence-electron chi connectivity index (χ0n) is 10.8. The molecule has 2 rings (SSSR count). The summed E-state index contributed by atoms with van der Waals surface area (Å²) in [5.41, 5.74) is 1.83. The Morgan fingerprint density at radius 2 is 2.19 bits per heavy atom. The Morgan fingerprint density at radius 1 is 1.50 bits per heavy atom. The second-order valence-electron chi connectivity index (χ2n) is 5.45. The Labute approximate surface area is 102 Å². The smallest absolute Gasteiger partial charge is 0.0968 e. The molecule has 16 heavy (non-hydrogen) atoms. The maximum atomic E-state index is 4.85. The van der Waals surface area contributed by atoms with Crippen LogP contribution in [0, 0.1) is 5.41 Å². The molecule has 0 aliphatic heterocycles. The average molecular weight is 238 g/mol. The lowest BCUT2D eigenvalue weighted by Crippen LogP contribution is -2.05. The van der Waals surface area contributed by atoms with E-state index in [-0.39, 0.29) is 0 Å². The van der Waals surface area contributed by atoms with Gasteiger partial charge in [0.2, 0.25) is 0 Å². The fourth-order valence-corrected chi connectivity index (χ4v) is 3.61. The van der Waals surface area contributed by atoms with Crippen LogP contribution in [0.3, 0.4) is 0 Å². The Morgan fingerprint density at radius 3 is 2.69 bits per heavy atom. The first-order chi connectivity index (χ1) is 7.58. The van der Waals surface area contributed by atoms with E-state index in [0.29, 0.717) is 5.41 Å². The second-order valence-corrected chi connectivity index (χ2v) is 6.56. The Kier molecular flexibility index (Phi) is 3.36. The summed E-state index contributed by atoms with van der Waals surface area (Å²) < 4.78 is 0. The highest BCUT2D eigenvalue weighted by Gasteiger charge is 2.48. The number of nitrogens with zero attached hydrogens (tertiary/aromatic N) is 1. The molecule has 1 aliphatic carbocycles. The van der Waals surface area contributed by atoms with Crippen molar-refractivity contribution in [2.75, 3.05) is 7.05 Å². The van der Waals surface area contributed by atoms with Gasteiger partial charge in [-0.1, -0.05) is 27.2 Å². The molecule has 1 fully saturated rings. The minimum Gasteiger partial charge on any atom is -0.315 e. The standard InChI is InChI=1S/C13H22N2S/c1-5-6-10-11(8-14-4)16-12(15-10)9-7-13(9,2)3/h9,14H,5-8H2,1-4H3. The van der Waals surface area contributed by atoms with E-state index in [2.05, 4.69) is 26.1 Å². The molecule has 0 spiro atoms. The van der Waals surface area contributed by atoms with E-state index in [4.69, 9.17) is 4.98 Å². The van der Waals surface area contributed by atoms with Crippen LogP contribution in [-0.2, 0) is 13.0 Å². The molecule has 0 bridgehead atoms. The van der Waals surface area contributed by atoms with Crippen molar-refractivity contribution in [3.8, 4) is 0 Å². The fraction of sp³-hybridized carbons (Fsp3) is 0.769. The number of hydrogen-bond donors (Lipinski definition) is 1. The number of aromatic nitrogens is 1. The molecule has 1 saturated carbocycles. The van der Waals surface area contributed by atoms with Gasteiger partial charge in [-0.25, -0.2) is 4.98 Å². The zero-order chi connectivity index (χ0) is 11.8. The zero-order valence-corrected chi connectivity index (χ0v) is 11.6. The first kappa shape index (κ1) is 12.1. The van der Waals surface area contributed by atoms with Crippen LogP contribution in [0.4, 0.5) is 0 Å². The van der Waals surface area contributed by atoms with Crippen LogP contribution in [0.2, 0.25) is 0 Å². The quantitative estimate of drug-likeness (QED) is 0.851. The monoisotopic (exact) mass is 238 g/mol. The number of nitrogens with one attached hydrogen (secondary N) is 1. The lowest BCUT2D eigenvalue weighted by Gasteiger charge is -1.98. The van der Waals surface area contributed by atoms with E-state index in [1.165, 1.54) is 28.4 Å². The Hall–Kier alpha value is -0.410. The molecule has 90 valence electrons. The van der Waals surface area contributed by atoms with Crippen molar-refractivity contribution < 1.29 is 0 Å². The van der Waals surface area contributed by atoms with E-state index in [9.17, 15) is 0 Å². The maximum Gasteiger partial charge on any atom is 0.0968 e. The highest BCUT2D eigenvalue weighted by molar-refractivity contribution is 7.11. The third-order valence-corrected chi connectivity index (χ3v) is 4.64. The van der Waals surface area contributed by atoms with Crippen LogP contribution in [-0.4, -0.2) is 12.0 Å². The molecule has 1 aliphatic rings. The van der Waals surface area contributed by atoms with Crippen molar-refractivity contribution in [2.45, 2.75) is 52.5 Å². The van der Waals surface area contributed by atoms with Crippen LogP contribution in [0.5, 0.6) is 0 Å². The molecule has 1 N–H and O–H groups in total. The molecular formula is C13H22N2S. The summed E-state index contributed by atoms with van der Waals surface area (Å²) in [4.78, 5) is 6.30. The van der Waals surface area contributed by atoms with Crippen LogP contribution in [0.1, 0.15) is 55.1 Å². The summed E-state index contributed by atoms with van der Waals surface area (Å²) in [7, 11) is 2.01. The molecule has 1 unspecified atom stereocenters. The molecule has 1 aromatic heterocycles. The largest absolute Gasteiger partial charge is 0.315 e. The Bertz CT molecular complexity index is 345. The highest BCUT2D eigenvalue weighted by Crippen LogP contribution is 2.59. The summed E-state index contributed by atoms with van der Waals surface area (Å²) in [6, 6.07) is 0. The molecule has 1 heterocycles. The number of aryl methyl sites for hydroxylation is 1. The van der Waals surface area contributed by atoms with Gasteiger partial charge < -0.3 is 5.32 Å². The van der Waals surface area contributed by atoms with Gasteiger partial charge in [-0.15, -0.1) is 11.3 Å². The molecule has 2 nitrogen and oxygen atoms in total. The van der Waals surface area contributed by atoms with Gasteiger partial charge in [0.15, 0.2) is 0 Å². The molecule has 0 saturated heterocycles. The van der Waals surface area contributed by atoms with Crippen molar-refractivity contribution in [3.63, 3.8) is 0 Å². The predicted octanol–water partition coefficient (Wildman–Crippen LogP) is 3.33. The number of rotatable bonds is 5. The fourth-order valence-electron chi connectivity index (χ4n) is 2.17. The van der Waals surface area contributed by atoms with Gasteiger partial charge in [0, 0.05) is 17.3 Å². The first-order valence-corrected chi connectivity index (χ1v) is 7.03. The van der Waals surface area contributed by atoms with E-state index < -0.39 is 0 Å². The number of hydrogen-bond acceptors (Lipinski definition) is 3. The van der Waals surface area contributed by atoms with Crippen LogP contribution in [0.15, 0.2) is 0 Å². The molecule has 1 atom stereocenters. The third-order valence-electron chi connectivity index (χ3n) is 3.43. The third kappa shape index (κ3) is 2.30. The van der Waals surface area contributed by atoms with Crippen molar-refractivity contribution in [3.05, 3.63) is 15.6 Å². The van der Waals surface area contributed by atoms with E-state index in [0.717, 1.165) is 18.9 Å². The Balaban J connectivity index is 2.18. The van der Waals surface area contributed by atoms with E-state index in [1.807, 2.05) is 18.4 Å². The van der Waals surface area contributed by atoms with Crippen LogP contribution in [0.25, 0.3) is 0 Å². The van der Waals surface area contributed by atoms with Gasteiger partial charge in [0.25, 0.3) is 0 Å². The van der Waals surface area contributed by atoms with Crippen LogP contribution >= 0.6 is 11.3 Å². The van der Waals surface area contributed by atoms with Crippen molar-refractivity contribution >= 4 is 11.3 Å². The molecule has 0 amide bonds. The van der Waals surface area contributed by atoms with Crippen molar-refractivity contribution in [1.82, 2.24) is 10.3 Å². The minimum atomic E-state index is 0.498. The summed E-state index contributed by atoms with van der Waals surface area (Å²) in [6.07, 6.45) is 3.62. The number of thiazole rings is 1.